The van der Waals surface area contributed by atoms with Crippen molar-refractivity contribution < 1.29 is 4.74 Å². The highest BCUT2D eigenvalue weighted by molar-refractivity contribution is 5.48. The van der Waals surface area contributed by atoms with E-state index in [0.29, 0.717) is 12.1 Å². The summed E-state index contributed by atoms with van der Waals surface area (Å²) in [5.74, 6) is 0. The van der Waals surface area contributed by atoms with E-state index >= 15 is 0 Å². The number of hydrogen-bond donors (Lipinski definition) is 1. The predicted molar refractivity (Wildman–Crippen MR) is 70.4 cm³/mol. The fraction of sp³-hybridized carbons (Fsp3) is 0.643. The van der Waals surface area contributed by atoms with Crippen LogP contribution < -0.4 is 5.32 Å². The van der Waals surface area contributed by atoms with Gasteiger partial charge in [0.25, 0.3) is 0 Å². The maximum absolute atomic E-state index is 5.56. The third-order valence-electron chi connectivity index (χ3n) is 3.57. The first-order chi connectivity index (χ1) is 8.20. The van der Waals surface area contributed by atoms with Crippen LogP contribution in [0.2, 0.25) is 0 Å². The number of nitrogens with one attached hydrogen (secondary N) is 1. The van der Waals surface area contributed by atoms with Crippen molar-refractivity contribution in [1.82, 2.24) is 4.98 Å². The predicted octanol–water partition coefficient (Wildman–Crippen LogP) is 3.07. The Hall–Kier alpha value is -1.09. The minimum absolute atomic E-state index is 0.337. The zero-order valence-corrected chi connectivity index (χ0v) is 11.0. The van der Waals surface area contributed by atoms with E-state index in [1.54, 1.807) is 0 Å². The molecule has 1 heterocycles. The van der Waals surface area contributed by atoms with Gasteiger partial charge in [-0.25, -0.2) is 0 Å². The molecule has 0 aromatic carbocycles. The SMILES string of the molecule is COC1CCCCC1Nc1ccc(C)nc1C. The molecule has 2 atom stereocenters. The molecule has 94 valence electrons. The molecule has 2 unspecified atom stereocenters. The van der Waals surface area contributed by atoms with Gasteiger partial charge in [-0.1, -0.05) is 12.8 Å². The number of pyridine rings is 1. The fourth-order valence-electron chi connectivity index (χ4n) is 2.58. The lowest BCUT2D eigenvalue weighted by molar-refractivity contribution is 0.0606. The quantitative estimate of drug-likeness (QED) is 0.872. The van der Waals surface area contributed by atoms with Gasteiger partial charge in [0, 0.05) is 12.8 Å². The van der Waals surface area contributed by atoms with E-state index in [9.17, 15) is 0 Å². The number of aryl methyl sites for hydroxylation is 2. The fourth-order valence-corrected chi connectivity index (χ4v) is 2.58. The summed E-state index contributed by atoms with van der Waals surface area (Å²) in [7, 11) is 1.81. The highest BCUT2D eigenvalue weighted by Crippen LogP contribution is 2.25. The second kappa shape index (κ2) is 5.50. The molecule has 0 aliphatic heterocycles. The van der Waals surface area contributed by atoms with E-state index in [-0.39, 0.29) is 0 Å². The molecule has 3 heteroatoms. The Labute approximate surface area is 104 Å². The van der Waals surface area contributed by atoms with Crippen LogP contribution in [0, 0.1) is 13.8 Å². The Morgan fingerprint density at radius 1 is 1.24 bits per heavy atom. The monoisotopic (exact) mass is 234 g/mol. The summed E-state index contributed by atoms with van der Waals surface area (Å²) in [5, 5.41) is 3.59. The van der Waals surface area contributed by atoms with E-state index < -0.39 is 0 Å². The van der Waals surface area contributed by atoms with Crippen molar-refractivity contribution in [2.45, 2.75) is 51.7 Å². The number of ether oxygens (including phenoxy) is 1. The average Bonchev–Trinajstić information content (AvgIpc) is 2.33. The summed E-state index contributed by atoms with van der Waals surface area (Å²) >= 11 is 0. The first kappa shape index (κ1) is 12.4. The minimum Gasteiger partial charge on any atom is -0.379 e. The van der Waals surface area contributed by atoms with Gasteiger partial charge in [0.05, 0.1) is 23.5 Å². The van der Waals surface area contributed by atoms with Crippen molar-refractivity contribution in [3.63, 3.8) is 0 Å². The zero-order valence-electron chi connectivity index (χ0n) is 11.0. The Morgan fingerprint density at radius 3 is 2.71 bits per heavy atom. The molecule has 1 aliphatic rings. The van der Waals surface area contributed by atoms with Crippen molar-refractivity contribution in [3.05, 3.63) is 23.5 Å². The van der Waals surface area contributed by atoms with Crippen LogP contribution in [0.1, 0.15) is 37.1 Å². The maximum atomic E-state index is 5.56. The second-order valence-corrected chi connectivity index (χ2v) is 4.90. The van der Waals surface area contributed by atoms with Gasteiger partial charge in [-0.15, -0.1) is 0 Å². The van der Waals surface area contributed by atoms with Crippen LogP contribution in [0.25, 0.3) is 0 Å². The zero-order chi connectivity index (χ0) is 12.3. The van der Waals surface area contributed by atoms with Gasteiger partial charge < -0.3 is 10.1 Å². The molecule has 1 fully saturated rings. The van der Waals surface area contributed by atoms with Gasteiger partial charge in [-0.05, 0) is 38.8 Å². The molecule has 1 N–H and O–H groups in total. The summed E-state index contributed by atoms with van der Waals surface area (Å²) in [5.41, 5.74) is 3.29. The largest absolute Gasteiger partial charge is 0.379 e. The summed E-state index contributed by atoms with van der Waals surface area (Å²) in [6.07, 6.45) is 5.25. The Kier molecular flexibility index (Phi) is 4.00. The summed E-state index contributed by atoms with van der Waals surface area (Å²) in [6.45, 7) is 4.08. The molecule has 1 aliphatic carbocycles. The van der Waals surface area contributed by atoms with Crippen molar-refractivity contribution >= 4 is 5.69 Å². The highest BCUT2D eigenvalue weighted by atomic mass is 16.5. The molecular formula is C14H22N2O. The van der Waals surface area contributed by atoms with Gasteiger partial charge in [0.2, 0.25) is 0 Å². The standard InChI is InChI=1S/C14H22N2O/c1-10-8-9-12(11(2)15-10)16-13-6-4-5-7-14(13)17-3/h8-9,13-14,16H,4-7H2,1-3H3. The number of hydrogen-bond acceptors (Lipinski definition) is 3. The van der Waals surface area contributed by atoms with E-state index in [0.717, 1.165) is 23.5 Å². The minimum atomic E-state index is 0.337. The van der Waals surface area contributed by atoms with Crippen LogP contribution in [0.3, 0.4) is 0 Å². The first-order valence-electron chi connectivity index (χ1n) is 6.44. The number of nitrogens with zero attached hydrogens (tertiary/aromatic N) is 1. The van der Waals surface area contributed by atoms with E-state index in [1.165, 1.54) is 19.3 Å². The smallest absolute Gasteiger partial charge is 0.0772 e. The Bertz CT molecular complexity index is 378. The molecule has 0 amide bonds. The third kappa shape index (κ3) is 2.97. The van der Waals surface area contributed by atoms with Crippen LogP contribution in [0.15, 0.2) is 12.1 Å². The highest BCUT2D eigenvalue weighted by Gasteiger charge is 2.25. The molecule has 1 aromatic heterocycles. The van der Waals surface area contributed by atoms with Gasteiger partial charge in [-0.3, -0.25) is 4.98 Å². The lowest BCUT2D eigenvalue weighted by Crippen LogP contribution is -2.38. The first-order valence-corrected chi connectivity index (χ1v) is 6.44. The second-order valence-electron chi connectivity index (χ2n) is 4.90. The molecule has 0 saturated heterocycles. The van der Waals surface area contributed by atoms with E-state index in [4.69, 9.17) is 4.74 Å². The Balaban J connectivity index is 2.08. The van der Waals surface area contributed by atoms with Crippen LogP contribution in [0.4, 0.5) is 5.69 Å². The topological polar surface area (TPSA) is 34.1 Å². The number of anilines is 1. The van der Waals surface area contributed by atoms with Crippen molar-refractivity contribution in [2.75, 3.05) is 12.4 Å². The van der Waals surface area contributed by atoms with Crippen molar-refractivity contribution in [3.8, 4) is 0 Å². The number of aromatic nitrogens is 1. The molecule has 1 aromatic rings. The average molecular weight is 234 g/mol. The van der Waals surface area contributed by atoms with Gasteiger partial charge in [-0.2, -0.15) is 0 Å². The molecule has 2 rings (SSSR count). The molecule has 0 radical (unpaired) electrons. The van der Waals surface area contributed by atoms with Gasteiger partial charge in [0.1, 0.15) is 0 Å². The van der Waals surface area contributed by atoms with Gasteiger partial charge >= 0.3 is 0 Å². The lowest BCUT2D eigenvalue weighted by Gasteiger charge is -2.32. The molecule has 1 saturated carbocycles. The van der Waals surface area contributed by atoms with E-state index in [2.05, 4.69) is 29.4 Å². The molecule has 0 spiro atoms. The van der Waals surface area contributed by atoms with Crippen LogP contribution in [-0.2, 0) is 4.74 Å². The van der Waals surface area contributed by atoms with Crippen LogP contribution in [0.5, 0.6) is 0 Å². The molecule has 17 heavy (non-hydrogen) atoms. The molecular weight excluding hydrogens is 212 g/mol. The third-order valence-corrected chi connectivity index (χ3v) is 3.57. The van der Waals surface area contributed by atoms with E-state index in [1.807, 2.05) is 14.0 Å². The molecule has 0 bridgehead atoms. The number of rotatable bonds is 3. The molecule has 3 nitrogen and oxygen atoms in total. The van der Waals surface area contributed by atoms with Crippen LogP contribution in [-0.4, -0.2) is 24.2 Å². The normalized spacial score (nSPS) is 24.6. The van der Waals surface area contributed by atoms with Crippen LogP contribution >= 0.6 is 0 Å². The number of methoxy groups -OCH3 is 1. The van der Waals surface area contributed by atoms with Crippen molar-refractivity contribution in [2.24, 2.45) is 0 Å². The summed E-state index contributed by atoms with van der Waals surface area (Å²) < 4.78 is 5.56. The summed E-state index contributed by atoms with van der Waals surface area (Å²) in [6, 6.07) is 4.61. The Morgan fingerprint density at radius 2 is 2.00 bits per heavy atom. The lowest BCUT2D eigenvalue weighted by atomic mass is 9.92. The van der Waals surface area contributed by atoms with Crippen molar-refractivity contribution in [1.29, 1.82) is 0 Å². The van der Waals surface area contributed by atoms with Gasteiger partial charge in [0.15, 0.2) is 0 Å². The summed E-state index contributed by atoms with van der Waals surface area (Å²) in [4.78, 5) is 4.49. The maximum Gasteiger partial charge on any atom is 0.0772 e.